The molecule has 2 atom stereocenters. The molecule has 164 valence electrons. The van der Waals surface area contributed by atoms with E-state index >= 15 is 0 Å². The molecule has 2 saturated heterocycles. The van der Waals surface area contributed by atoms with Crippen molar-refractivity contribution in [2.45, 2.75) is 50.2 Å². The first kappa shape index (κ1) is 25.0. The van der Waals surface area contributed by atoms with Gasteiger partial charge in [-0.2, -0.15) is 0 Å². The van der Waals surface area contributed by atoms with Gasteiger partial charge >= 0.3 is 0 Å². The molecule has 2 unspecified atom stereocenters. The zero-order valence-electron chi connectivity index (χ0n) is 17.1. The minimum atomic E-state index is 0. The highest BCUT2D eigenvalue weighted by atomic mass is 35.5. The minimum Gasteiger partial charge on any atom is -1.00 e. The fraction of sp³-hybridized carbons (Fsp3) is 0.435. The van der Waals surface area contributed by atoms with Gasteiger partial charge in [-0.3, -0.25) is 4.79 Å². The van der Waals surface area contributed by atoms with Crippen LogP contribution in [0.25, 0.3) is 0 Å². The Hall–Kier alpha value is -1.30. The Morgan fingerprint density at radius 2 is 1.60 bits per heavy atom. The number of hydrogen-bond donors (Lipinski definition) is 1. The van der Waals surface area contributed by atoms with E-state index < -0.39 is 0 Å². The predicted octanol–water partition coefficient (Wildman–Crippen LogP) is 0.0657. The molecule has 2 aromatic rings. The second-order valence-corrected chi connectivity index (χ2v) is 9.11. The number of nitrogens with zero attached hydrogens (tertiary/aromatic N) is 1. The lowest BCUT2D eigenvalue weighted by molar-refractivity contribution is -0.922. The predicted molar refractivity (Wildman–Crippen MR) is 118 cm³/mol. The molecule has 2 heterocycles. The summed E-state index contributed by atoms with van der Waals surface area (Å²) in [5.41, 5.74) is 1.84. The number of nitrogens with one attached hydrogen (secondary N) is 1. The largest absolute Gasteiger partial charge is 1.00 e. The first-order chi connectivity index (χ1) is 13.5. The zero-order valence-corrected chi connectivity index (χ0v) is 19.4. The Morgan fingerprint density at radius 1 is 1.03 bits per heavy atom. The molecular weight excluding hydrogens is 443 g/mol. The van der Waals surface area contributed by atoms with E-state index in [2.05, 4.69) is 36.2 Å². The number of rotatable bonds is 5. The zero-order chi connectivity index (χ0) is 19.7. The van der Waals surface area contributed by atoms with Crippen LogP contribution in [-0.2, 0) is 6.42 Å². The fourth-order valence-corrected chi connectivity index (χ4v) is 5.52. The van der Waals surface area contributed by atoms with Crippen LogP contribution in [-0.4, -0.2) is 48.0 Å². The summed E-state index contributed by atoms with van der Waals surface area (Å²) in [7, 11) is 2.31. The molecule has 0 radical (unpaired) electrons. The Kier molecular flexibility index (Phi) is 9.01. The van der Waals surface area contributed by atoms with Crippen molar-refractivity contribution in [2.75, 3.05) is 13.6 Å². The van der Waals surface area contributed by atoms with Crippen molar-refractivity contribution in [3.63, 3.8) is 0 Å². The van der Waals surface area contributed by atoms with Gasteiger partial charge in [0.2, 0.25) is 0 Å². The van der Waals surface area contributed by atoms with Crippen LogP contribution in [0.4, 0.5) is 0 Å². The smallest absolute Gasteiger partial charge is 0.254 e. The van der Waals surface area contributed by atoms with Crippen molar-refractivity contribution in [2.24, 2.45) is 0 Å². The average molecular weight is 472 g/mol. The van der Waals surface area contributed by atoms with Crippen molar-refractivity contribution in [1.29, 1.82) is 0 Å². The Labute approximate surface area is 194 Å². The maximum Gasteiger partial charge on any atom is 0.254 e. The van der Waals surface area contributed by atoms with E-state index in [0.717, 1.165) is 25.8 Å². The molecule has 4 nitrogen and oxygen atoms in total. The number of benzene rings is 2. The summed E-state index contributed by atoms with van der Waals surface area (Å²) in [5.74, 6) is 0.0456. The number of piperidine rings is 1. The van der Waals surface area contributed by atoms with Gasteiger partial charge in [0.25, 0.3) is 5.91 Å². The monoisotopic (exact) mass is 470 g/mol. The maximum atomic E-state index is 13.5. The molecule has 7 heteroatoms. The second-order valence-electron chi connectivity index (χ2n) is 8.23. The molecule has 4 rings (SSSR count). The maximum absolute atomic E-state index is 13.5. The third-order valence-electron chi connectivity index (χ3n) is 6.56. The van der Waals surface area contributed by atoms with E-state index in [1.54, 1.807) is 23.1 Å². The number of carbonyl (C=O) groups is 1. The van der Waals surface area contributed by atoms with Crippen molar-refractivity contribution in [1.82, 2.24) is 4.90 Å². The van der Waals surface area contributed by atoms with Gasteiger partial charge in [-0.25, -0.2) is 0 Å². The van der Waals surface area contributed by atoms with E-state index in [-0.39, 0.29) is 29.8 Å². The molecule has 0 aromatic heterocycles. The molecule has 0 saturated carbocycles. The summed E-state index contributed by atoms with van der Waals surface area (Å²) in [4.78, 5) is 17.2. The fourth-order valence-electron chi connectivity index (χ4n) is 4.99. The van der Waals surface area contributed by atoms with Gasteiger partial charge in [-0.05, 0) is 30.2 Å². The first-order valence-corrected chi connectivity index (χ1v) is 10.9. The van der Waals surface area contributed by atoms with E-state index in [9.17, 15) is 4.79 Å². The second kappa shape index (κ2) is 10.8. The summed E-state index contributed by atoms with van der Waals surface area (Å²) >= 11 is 12.3. The molecule has 30 heavy (non-hydrogen) atoms. The molecule has 2 aliphatic rings. The van der Waals surface area contributed by atoms with Gasteiger partial charge < -0.3 is 27.7 Å². The van der Waals surface area contributed by atoms with Crippen molar-refractivity contribution in [3.8, 4) is 0 Å². The molecule has 2 bridgehead atoms. The summed E-state index contributed by atoms with van der Waals surface area (Å²) in [6, 6.07) is 17.1. The number of halogens is 3. The third-order valence-corrected chi connectivity index (χ3v) is 7.00. The summed E-state index contributed by atoms with van der Waals surface area (Å²) in [6.45, 7) is 0.718. The van der Waals surface area contributed by atoms with Crippen LogP contribution in [0, 0.1) is 0 Å². The van der Waals surface area contributed by atoms with Gasteiger partial charge in [0, 0.05) is 53.9 Å². The van der Waals surface area contributed by atoms with E-state index in [0.29, 0.717) is 27.7 Å². The molecule has 2 fully saturated rings. The standard InChI is InChI=1S/C23H26Cl2N2O.ClH.H2O/c1-26-20-7-8-21(26)15-22(14-20)27(10-9-16-5-3-2-4-6-16)23(28)17-11-18(24)13-19(25)12-17;;/h2-6,11-13,20-22H,7-10,14-15H2,1H3;1H;1H2. The van der Waals surface area contributed by atoms with E-state index in [4.69, 9.17) is 23.2 Å². The average Bonchev–Trinajstić information content (AvgIpc) is 2.89. The number of amides is 1. The summed E-state index contributed by atoms with van der Waals surface area (Å²) in [6.07, 6.45) is 5.57. The number of hydrogen-bond acceptors (Lipinski definition) is 1. The first-order valence-electron chi connectivity index (χ1n) is 10.2. The van der Waals surface area contributed by atoms with Crippen LogP contribution in [0.2, 0.25) is 10.0 Å². The van der Waals surface area contributed by atoms with E-state index in [1.807, 2.05) is 6.07 Å². The quantitative estimate of drug-likeness (QED) is 0.659. The van der Waals surface area contributed by atoms with Crippen LogP contribution >= 0.6 is 23.2 Å². The lowest BCUT2D eigenvalue weighted by atomic mass is 9.95. The topological polar surface area (TPSA) is 56.2 Å². The highest BCUT2D eigenvalue weighted by Gasteiger charge is 2.44. The van der Waals surface area contributed by atoms with Gasteiger partial charge in [-0.15, -0.1) is 0 Å². The molecular formula is C23H29Cl3N2O2. The minimum absolute atomic E-state index is 0. The van der Waals surface area contributed by atoms with Crippen molar-refractivity contribution < 1.29 is 27.6 Å². The molecule has 0 aliphatic carbocycles. The number of fused-ring (bicyclic) bond motifs is 2. The summed E-state index contributed by atoms with van der Waals surface area (Å²) in [5, 5.41) is 1.01. The highest BCUT2D eigenvalue weighted by molar-refractivity contribution is 6.35. The third kappa shape index (κ3) is 5.49. The Bertz CT molecular complexity index is 815. The lowest BCUT2D eigenvalue weighted by Crippen LogP contribution is -3.15. The number of carbonyl (C=O) groups excluding carboxylic acids is 1. The van der Waals surface area contributed by atoms with Crippen LogP contribution < -0.4 is 17.3 Å². The van der Waals surface area contributed by atoms with E-state index in [1.165, 1.54) is 18.4 Å². The van der Waals surface area contributed by atoms with Crippen molar-refractivity contribution in [3.05, 3.63) is 69.7 Å². The summed E-state index contributed by atoms with van der Waals surface area (Å²) < 4.78 is 0. The molecule has 2 aromatic carbocycles. The SMILES string of the molecule is C[NH+]1C2CCC1CC(N(CCc1ccccc1)C(=O)c1cc(Cl)cc(Cl)c1)C2.O.[Cl-]. The Morgan fingerprint density at radius 3 is 2.17 bits per heavy atom. The molecule has 1 amide bonds. The normalized spacial score (nSPS) is 24.5. The van der Waals surface area contributed by atoms with Crippen LogP contribution in [0.1, 0.15) is 41.6 Å². The Balaban J connectivity index is 0.00000160. The lowest BCUT2D eigenvalue weighted by Gasteiger charge is -2.40. The van der Waals surface area contributed by atoms with Gasteiger partial charge in [0.15, 0.2) is 0 Å². The van der Waals surface area contributed by atoms with Crippen LogP contribution in [0.5, 0.6) is 0 Å². The molecule has 3 N–H and O–H groups in total. The molecule has 0 spiro atoms. The van der Waals surface area contributed by atoms with Crippen LogP contribution in [0.3, 0.4) is 0 Å². The van der Waals surface area contributed by atoms with Gasteiger partial charge in [0.1, 0.15) is 0 Å². The van der Waals surface area contributed by atoms with Gasteiger partial charge in [-0.1, -0.05) is 53.5 Å². The highest BCUT2D eigenvalue weighted by Crippen LogP contribution is 2.28. The van der Waals surface area contributed by atoms with Gasteiger partial charge in [0.05, 0.1) is 19.1 Å². The van der Waals surface area contributed by atoms with Crippen LogP contribution in [0.15, 0.2) is 48.5 Å². The van der Waals surface area contributed by atoms with Crippen molar-refractivity contribution >= 4 is 29.1 Å². The number of quaternary nitrogens is 1. The molecule has 2 aliphatic heterocycles.